The van der Waals surface area contributed by atoms with Crippen molar-refractivity contribution < 1.29 is 0 Å². The topological polar surface area (TPSA) is 12.0 Å². The van der Waals surface area contributed by atoms with Crippen LogP contribution in [0.1, 0.15) is 22.3 Å². The predicted octanol–water partition coefficient (Wildman–Crippen LogP) is 4.15. The lowest BCUT2D eigenvalue weighted by Gasteiger charge is -2.11. The molecule has 0 saturated carbocycles. The number of benzene rings is 2. The summed E-state index contributed by atoms with van der Waals surface area (Å²) in [6.45, 7) is 4.29. The number of hydrogen-bond acceptors (Lipinski definition) is 1. The summed E-state index contributed by atoms with van der Waals surface area (Å²) in [6, 6.07) is 13.4. The van der Waals surface area contributed by atoms with Crippen LogP contribution in [0.2, 0.25) is 0 Å². The normalized spacial score (nSPS) is 13.3. The fourth-order valence-corrected chi connectivity index (χ4v) is 2.46. The molecule has 0 spiro atoms. The standard InChI is InChI=1S/C16H17N/c1-11-3-5-13-7-8-14-6-4-12(2)10-16(14)17-15(13)9-11/h3-6,9-10,17H,7-8H2,1-2H3. The lowest BCUT2D eigenvalue weighted by molar-refractivity contribution is 0.976. The van der Waals surface area contributed by atoms with Gasteiger partial charge < -0.3 is 5.32 Å². The SMILES string of the molecule is Cc1ccc2c(c1)Nc1cc(C)ccc1CC2. The highest BCUT2D eigenvalue weighted by Crippen LogP contribution is 2.31. The molecule has 0 unspecified atom stereocenters. The highest BCUT2D eigenvalue weighted by molar-refractivity contribution is 5.69. The van der Waals surface area contributed by atoms with Gasteiger partial charge in [-0.1, -0.05) is 24.3 Å². The van der Waals surface area contributed by atoms with Gasteiger partial charge in [0.25, 0.3) is 0 Å². The third-order valence-corrected chi connectivity index (χ3v) is 3.46. The first-order valence-corrected chi connectivity index (χ1v) is 6.18. The van der Waals surface area contributed by atoms with Gasteiger partial charge in [-0.25, -0.2) is 0 Å². The molecule has 0 radical (unpaired) electrons. The molecule has 17 heavy (non-hydrogen) atoms. The molecule has 3 rings (SSSR count). The van der Waals surface area contributed by atoms with Crippen molar-refractivity contribution in [3.8, 4) is 0 Å². The molecule has 0 bridgehead atoms. The van der Waals surface area contributed by atoms with E-state index in [9.17, 15) is 0 Å². The average molecular weight is 223 g/mol. The van der Waals surface area contributed by atoms with Crippen LogP contribution in [0.5, 0.6) is 0 Å². The van der Waals surface area contributed by atoms with Gasteiger partial charge in [0, 0.05) is 11.4 Å². The van der Waals surface area contributed by atoms with Crippen LogP contribution in [-0.2, 0) is 12.8 Å². The summed E-state index contributed by atoms with van der Waals surface area (Å²) in [7, 11) is 0. The Morgan fingerprint density at radius 1 is 0.765 bits per heavy atom. The van der Waals surface area contributed by atoms with Crippen molar-refractivity contribution in [1.29, 1.82) is 0 Å². The molecular weight excluding hydrogens is 206 g/mol. The van der Waals surface area contributed by atoms with Crippen molar-refractivity contribution in [1.82, 2.24) is 0 Å². The Kier molecular flexibility index (Phi) is 2.40. The lowest BCUT2D eigenvalue weighted by atomic mass is 10.0. The minimum absolute atomic E-state index is 1.12. The minimum Gasteiger partial charge on any atom is -0.355 e. The summed E-state index contributed by atoms with van der Waals surface area (Å²) in [4.78, 5) is 0. The summed E-state index contributed by atoms with van der Waals surface area (Å²) in [5.74, 6) is 0. The van der Waals surface area contributed by atoms with E-state index in [0.717, 1.165) is 12.8 Å². The smallest absolute Gasteiger partial charge is 0.0419 e. The van der Waals surface area contributed by atoms with Crippen LogP contribution < -0.4 is 5.32 Å². The average Bonchev–Trinajstić information content (AvgIpc) is 2.46. The lowest BCUT2D eigenvalue weighted by Crippen LogP contribution is -1.94. The molecule has 0 amide bonds. The summed E-state index contributed by atoms with van der Waals surface area (Å²) >= 11 is 0. The molecule has 2 aromatic carbocycles. The number of nitrogens with one attached hydrogen (secondary N) is 1. The molecule has 86 valence electrons. The van der Waals surface area contributed by atoms with Crippen molar-refractivity contribution in [3.05, 3.63) is 58.7 Å². The van der Waals surface area contributed by atoms with Crippen LogP contribution >= 0.6 is 0 Å². The number of anilines is 2. The quantitative estimate of drug-likeness (QED) is 0.707. The van der Waals surface area contributed by atoms with Crippen LogP contribution in [-0.4, -0.2) is 0 Å². The molecule has 1 nitrogen and oxygen atoms in total. The van der Waals surface area contributed by atoms with Gasteiger partial charge in [0.1, 0.15) is 0 Å². The van der Waals surface area contributed by atoms with E-state index in [1.165, 1.54) is 33.6 Å². The Hall–Kier alpha value is -1.76. The van der Waals surface area contributed by atoms with Gasteiger partial charge in [-0.15, -0.1) is 0 Å². The van der Waals surface area contributed by atoms with E-state index in [1.54, 1.807) is 0 Å². The van der Waals surface area contributed by atoms with Crippen LogP contribution in [0, 0.1) is 13.8 Å². The molecule has 1 aliphatic heterocycles. The van der Waals surface area contributed by atoms with Crippen LogP contribution in [0.4, 0.5) is 11.4 Å². The van der Waals surface area contributed by atoms with Gasteiger partial charge in [0.2, 0.25) is 0 Å². The summed E-state index contributed by atoms with van der Waals surface area (Å²) in [5.41, 5.74) is 8.01. The zero-order valence-corrected chi connectivity index (χ0v) is 10.4. The number of aryl methyl sites for hydroxylation is 4. The molecule has 1 aliphatic rings. The molecule has 0 aromatic heterocycles. The van der Waals surface area contributed by atoms with Crippen molar-refractivity contribution in [2.75, 3.05) is 5.32 Å². The van der Waals surface area contributed by atoms with E-state index in [2.05, 4.69) is 55.6 Å². The highest BCUT2D eigenvalue weighted by Gasteiger charge is 2.12. The number of fused-ring (bicyclic) bond motifs is 2. The molecule has 0 fully saturated rings. The first-order chi connectivity index (χ1) is 8.22. The van der Waals surface area contributed by atoms with Crippen LogP contribution in [0.3, 0.4) is 0 Å². The van der Waals surface area contributed by atoms with Gasteiger partial charge in [0.05, 0.1) is 0 Å². The van der Waals surface area contributed by atoms with Crippen molar-refractivity contribution in [2.24, 2.45) is 0 Å². The Morgan fingerprint density at radius 3 is 1.71 bits per heavy atom. The van der Waals surface area contributed by atoms with Gasteiger partial charge in [-0.05, 0) is 61.1 Å². The van der Waals surface area contributed by atoms with Crippen molar-refractivity contribution >= 4 is 11.4 Å². The predicted molar refractivity (Wildman–Crippen MR) is 73.0 cm³/mol. The van der Waals surface area contributed by atoms with E-state index in [1.807, 2.05) is 0 Å². The molecule has 0 aliphatic carbocycles. The van der Waals surface area contributed by atoms with Gasteiger partial charge in [-0.3, -0.25) is 0 Å². The van der Waals surface area contributed by atoms with E-state index in [-0.39, 0.29) is 0 Å². The second kappa shape index (κ2) is 3.92. The fourth-order valence-electron chi connectivity index (χ4n) is 2.46. The van der Waals surface area contributed by atoms with Crippen molar-refractivity contribution in [2.45, 2.75) is 26.7 Å². The number of hydrogen-bond donors (Lipinski definition) is 1. The summed E-state index contributed by atoms with van der Waals surface area (Å²) < 4.78 is 0. The molecular formula is C16H17N. The van der Waals surface area contributed by atoms with E-state index < -0.39 is 0 Å². The van der Waals surface area contributed by atoms with Gasteiger partial charge >= 0.3 is 0 Å². The van der Waals surface area contributed by atoms with E-state index in [0.29, 0.717) is 0 Å². The second-order valence-electron chi connectivity index (χ2n) is 4.95. The molecule has 1 heteroatoms. The molecule has 0 atom stereocenters. The maximum Gasteiger partial charge on any atom is 0.0419 e. The highest BCUT2D eigenvalue weighted by atomic mass is 14.9. The first kappa shape index (κ1) is 10.4. The van der Waals surface area contributed by atoms with Gasteiger partial charge in [-0.2, -0.15) is 0 Å². The largest absolute Gasteiger partial charge is 0.355 e. The Bertz CT molecular complexity index is 518. The monoisotopic (exact) mass is 223 g/mol. The minimum atomic E-state index is 1.12. The van der Waals surface area contributed by atoms with Crippen LogP contribution in [0.25, 0.3) is 0 Å². The molecule has 2 aromatic rings. The second-order valence-corrected chi connectivity index (χ2v) is 4.95. The van der Waals surface area contributed by atoms with E-state index in [4.69, 9.17) is 0 Å². The maximum absolute atomic E-state index is 3.58. The zero-order chi connectivity index (χ0) is 11.8. The maximum atomic E-state index is 3.58. The van der Waals surface area contributed by atoms with Crippen molar-refractivity contribution in [3.63, 3.8) is 0 Å². The van der Waals surface area contributed by atoms with E-state index >= 15 is 0 Å². The summed E-state index contributed by atoms with van der Waals surface area (Å²) in [6.07, 6.45) is 2.25. The molecule has 1 heterocycles. The Morgan fingerprint density at radius 2 is 1.24 bits per heavy atom. The third kappa shape index (κ3) is 1.93. The first-order valence-electron chi connectivity index (χ1n) is 6.18. The summed E-state index contributed by atoms with van der Waals surface area (Å²) in [5, 5.41) is 3.58. The Labute approximate surface area is 102 Å². The number of rotatable bonds is 0. The zero-order valence-electron chi connectivity index (χ0n) is 10.4. The molecule has 1 N–H and O–H groups in total. The van der Waals surface area contributed by atoms with Crippen LogP contribution in [0.15, 0.2) is 36.4 Å². The fraction of sp³-hybridized carbons (Fsp3) is 0.250. The third-order valence-electron chi connectivity index (χ3n) is 3.46. The van der Waals surface area contributed by atoms with Gasteiger partial charge in [0.15, 0.2) is 0 Å². The Balaban J connectivity index is 2.10. The molecule has 0 saturated heterocycles.